The third-order valence-corrected chi connectivity index (χ3v) is 8.57. The van der Waals surface area contributed by atoms with E-state index in [1.165, 1.54) is 17.0 Å². The molecule has 8 nitrogen and oxygen atoms in total. The van der Waals surface area contributed by atoms with Gasteiger partial charge in [-0.15, -0.1) is 0 Å². The fourth-order valence-corrected chi connectivity index (χ4v) is 6.15. The fraction of sp³-hybridized carbons (Fsp3) is 0.355. The van der Waals surface area contributed by atoms with Crippen LogP contribution in [0, 0.1) is 23.3 Å². The molecule has 4 N–H and O–H groups in total. The minimum Gasteiger partial charge on any atom is -0.372 e. The first-order valence-electron chi connectivity index (χ1n) is 14.0. The largest absolute Gasteiger partial charge is 0.372 e. The lowest BCUT2D eigenvalue weighted by Gasteiger charge is -2.38. The highest BCUT2D eigenvalue weighted by atomic mass is 19.2. The van der Waals surface area contributed by atoms with Crippen molar-refractivity contribution in [1.82, 2.24) is 10.2 Å². The lowest BCUT2D eigenvalue weighted by Crippen LogP contribution is -2.52. The molecule has 0 aromatic heterocycles. The molecule has 3 aromatic carbocycles. The molecule has 0 radical (unpaired) electrons. The number of anilines is 1. The second-order valence-electron chi connectivity index (χ2n) is 11.3. The van der Waals surface area contributed by atoms with Crippen LogP contribution in [0.1, 0.15) is 41.2 Å². The molecule has 3 aliphatic rings. The van der Waals surface area contributed by atoms with Gasteiger partial charge in [-0.2, -0.15) is 0 Å². The van der Waals surface area contributed by atoms with Gasteiger partial charge >= 0.3 is 0 Å². The summed E-state index contributed by atoms with van der Waals surface area (Å²) in [5.41, 5.74) is 6.52. The van der Waals surface area contributed by atoms with Crippen molar-refractivity contribution in [3.8, 4) is 0 Å². The molecule has 2 amide bonds. The topological polar surface area (TPSA) is 108 Å². The maximum absolute atomic E-state index is 14.3. The molecule has 6 rings (SSSR count). The SMILES string of the molecule is N[C@H]1C[C@@H](N2Cc3ccc(N4CCC(O)(C(=O)NCc5cccc(F)c5F)C4=O)cc3C2)CO[C@@H]1c1cc(F)ccc1F. The summed E-state index contributed by atoms with van der Waals surface area (Å²) < 4.78 is 61.4. The third kappa shape index (κ3) is 5.40. The fourth-order valence-electron chi connectivity index (χ4n) is 6.15. The van der Waals surface area contributed by atoms with Crippen molar-refractivity contribution in [1.29, 1.82) is 0 Å². The van der Waals surface area contributed by atoms with Gasteiger partial charge in [0.2, 0.25) is 5.60 Å². The molecule has 0 aliphatic carbocycles. The van der Waals surface area contributed by atoms with Gasteiger partial charge in [-0.3, -0.25) is 14.5 Å². The number of amides is 2. The maximum Gasteiger partial charge on any atom is 0.268 e. The van der Waals surface area contributed by atoms with Gasteiger partial charge < -0.3 is 25.8 Å². The van der Waals surface area contributed by atoms with E-state index in [1.807, 2.05) is 12.1 Å². The highest BCUT2D eigenvalue weighted by molar-refractivity contribution is 6.16. The molecular formula is C31H30F4N4O4. The van der Waals surface area contributed by atoms with Crippen LogP contribution in [0.5, 0.6) is 0 Å². The predicted octanol–water partition coefficient (Wildman–Crippen LogP) is 3.20. The van der Waals surface area contributed by atoms with Crippen molar-refractivity contribution < 1.29 is 37.0 Å². The first-order valence-corrected chi connectivity index (χ1v) is 14.0. The van der Waals surface area contributed by atoms with Crippen LogP contribution in [0.25, 0.3) is 0 Å². The summed E-state index contributed by atoms with van der Waals surface area (Å²) in [5.74, 6) is -5.09. The standard InChI is InChI=1S/C31H30F4N4O4/c32-20-5-7-24(33)23(11-20)28-26(36)12-22(16-43-28)38-14-18-4-6-21(10-19(18)15-38)39-9-8-31(42,30(39)41)29(40)37-13-17-2-1-3-25(34)27(17)35/h1-7,10-11,22,26,28,42H,8-9,12-16,36H2,(H,37,40)/t22-,26+,28-,31?/m1/s1. The first kappa shape index (κ1) is 29.2. The summed E-state index contributed by atoms with van der Waals surface area (Å²) >= 11 is 0. The van der Waals surface area contributed by atoms with Gasteiger partial charge in [0, 0.05) is 61.5 Å². The van der Waals surface area contributed by atoms with Crippen LogP contribution in [-0.4, -0.2) is 52.7 Å². The lowest BCUT2D eigenvalue weighted by atomic mass is 9.93. The van der Waals surface area contributed by atoms with Crippen LogP contribution < -0.4 is 16.0 Å². The average Bonchev–Trinajstić information content (AvgIpc) is 3.55. The number of halogens is 4. The number of hydrogen-bond donors (Lipinski definition) is 3. The van der Waals surface area contributed by atoms with Crippen LogP contribution >= 0.6 is 0 Å². The smallest absolute Gasteiger partial charge is 0.268 e. The van der Waals surface area contributed by atoms with Gasteiger partial charge in [0.25, 0.3) is 11.8 Å². The number of benzene rings is 3. The van der Waals surface area contributed by atoms with Crippen molar-refractivity contribution in [2.45, 2.75) is 56.3 Å². The van der Waals surface area contributed by atoms with E-state index < -0.39 is 52.8 Å². The van der Waals surface area contributed by atoms with Gasteiger partial charge in [-0.1, -0.05) is 18.2 Å². The van der Waals surface area contributed by atoms with Crippen LogP contribution in [0.2, 0.25) is 0 Å². The molecule has 0 bridgehead atoms. The Kier molecular flexibility index (Phi) is 7.71. The van der Waals surface area contributed by atoms with Gasteiger partial charge in [0.05, 0.1) is 6.61 Å². The molecule has 12 heteroatoms. The second kappa shape index (κ2) is 11.3. The molecule has 1 unspecified atom stereocenters. The Labute approximate surface area is 245 Å². The molecule has 3 heterocycles. The highest BCUT2D eigenvalue weighted by Crippen LogP contribution is 2.36. The number of carbonyl (C=O) groups excluding carboxylic acids is 2. The van der Waals surface area contributed by atoms with Crippen molar-refractivity contribution in [2.24, 2.45) is 5.73 Å². The van der Waals surface area contributed by atoms with Crippen molar-refractivity contribution in [2.75, 3.05) is 18.1 Å². The number of carbonyl (C=O) groups is 2. The van der Waals surface area contributed by atoms with E-state index in [-0.39, 0.29) is 43.3 Å². The molecule has 0 spiro atoms. The zero-order valence-corrected chi connectivity index (χ0v) is 23.0. The average molecular weight is 599 g/mol. The number of nitrogens with zero attached hydrogens (tertiary/aromatic N) is 2. The van der Waals surface area contributed by atoms with E-state index in [9.17, 15) is 32.3 Å². The Balaban J connectivity index is 1.09. The van der Waals surface area contributed by atoms with Crippen LogP contribution in [0.4, 0.5) is 23.2 Å². The Hall–Kier alpha value is -3.84. The van der Waals surface area contributed by atoms with E-state index in [2.05, 4.69) is 10.2 Å². The monoisotopic (exact) mass is 598 g/mol. The summed E-state index contributed by atoms with van der Waals surface area (Å²) in [4.78, 5) is 29.6. The van der Waals surface area contributed by atoms with Crippen molar-refractivity contribution in [3.63, 3.8) is 0 Å². The molecule has 226 valence electrons. The van der Waals surface area contributed by atoms with Gasteiger partial charge in [0.1, 0.15) is 17.7 Å². The second-order valence-corrected chi connectivity index (χ2v) is 11.3. The molecule has 3 aromatic rings. The summed E-state index contributed by atoms with van der Waals surface area (Å²) in [5, 5.41) is 13.3. The van der Waals surface area contributed by atoms with Gasteiger partial charge in [-0.05, 0) is 53.9 Å². The summed E-state index contributed by atoms with van der Waals surface area (Å²) in [6, 6.07) is 11.6. The number of fused-ring (bicyclic) bond motifs is 1. The van der Waals surface area contributed by atoms with E-state index in [1.54, 1.807) is 6.07 Å². The number of rotatable bonds is 6. The summed E-state index contributed by atoms with van der Waals surface area (Å²) in [6.07, 6.45) is -0.418. The molecule has 43 heavy (non-hydrogen) atoms. The number of nitrogens with two attached hydrogens (primary N) is 1. The van der Waals surface area contributed by atoms with E-state index in [0.29, 0.717) is 25.2 Å². The molecule has 3 aliphatic heterocycles. The molecular weight excluding hydrogens is 568 g/mol. The number of ether oxygens (including phenoxy) is 1. The summed E-state index contributed by atoms with van der Waals surface area (Å²) in [7, 11) is 0. The van der Waals surface area contributed by atoms with Crippen LogP contribution in [-0.2, 0) is 34.0 Å². The minimum absolute atomic E-state index is 0.0659. The first-order chi connectivity index (χ1) is 20.5. The van der Waals surface area contributed by atoms with Crippen molar-refractivity contribution in [3.05, 3.63) is 100 Å². The zero-order valence-electron chi connectivity index (χ0n) is 23.0. The lowest BCUT2D eigenvalue weighted by molar-refractivity contribution is -0.149. The Morgan fingerprint density at radius 1 is 1.05 bits per heavy atom. The zero-order chi connectivity index (χ0) is 30.5. The van der Waals surface area contributed by atoms with Gasteiger partial charge in [0.15, 0.2) is 11.6 Å². The van der Waals surface area contributed by atoms with E-state index >= 15 is 0 Å². The van der Waals surface area contributed by atoms with Crippen molar-refractivity contribution >= 4 is 17.5 Å². The number of aliphatic hydroxyl groups is 1. The quantitative estimate of drug-likeness (QED) is 0.297. The molecule has 0 saturated carbocycles. The Morgan fingerprint density at radius 2 is 1.84 bits per heavy atom. The molecule has 2 fully saturated rings. The van der Waals surface area contributed by atoms with Crippen LogP contribution in [0.3, 0.4) is 0 Å². The number of nitrogens with one attached hydrogen (secondary N) is 1. The number of hydrogen-bond acceptors (Lipinski definition) is 6. The summed E-state index contributed by atoms with van der Waals surface area (Å²) in [6.45, 7) is 1.12. The third-order valence-electron chi connectivity index (χ3n) is 8.57. The minimum atomic E-state index is -2.35. The predicted molar refractivity (Wildman–Crippen MR) is 147 cm³/mol. The van der Waals surface area contributed by atoms with E-state index in [0.717, 1.165) is 35.4 Å². The normalized spacial score (nSPS) is 25.7. The Bertz CT molecular complexity index is 1590. The highest BCUT2D eigenvalue weighted by Gasteiger charge is 2.52. The Morgan fingerprint density at radius 3 is 2.63 bits per heavy atom. The van der Waals surface area contributed by atoms with Crippen LogP contribution in [0.15, 0.2) is 54.6 Å². The maximum atomic E-state index is 14.3. The molecule has 2 saturated heterocycles. The molecule has 4 atom stereocenters. The van der Waals surface area contributed by atoms with Gasteiger partial charge in [-0.25, -0.2) is 17.6 Å². The van der Waals surface area contributed by atoms with E-state index in [4.69, 9.17) is 10.5 Å².